The van der Waals surface area contributed by atoms with Gasteiger partial charge in [0.2, 0.25) is 0 Å². The lowest BCUT2D eigenvalue weighted by atomic mass is 10.0. The Hall–Kier alpha value is -1.92. The van der Waals surface area contributed by atoms with Crippen LogP contribution >= 0.6 is 0 Å². The lowest BCUT2D eigenvalue weighted by Crippen LogP contribution is -2.31. The number of rotatable bonds is 20. The molecule has 202 valence electrons. The summed E-state index contributed by atoms with van der Waals surface area (Å²) in [6.07, 6.45) is 20.0. The Bertz CT molecular complexity index is 624. The number of hydroxylamine groups is 2. The Morgan fingerprint density at radius 2 is 0.914 bits per heavy atom. The molecular weight excluding hydrogens is 446 g/mol. The van der Waals surface area contributed by atoms with Crippen LogP contribution in [0, 0.1) is 0 Å². The van der Waals surface area contributed by atoms with Crippen molar-refractivity contribution < 1.29 is 28.8 Å². The van der Waals surface area contributed by atoms with E-state index in [0.29, 0.717) is 11.5 Å². The highest BCUT2D eigenvalue weighted by Gasteiger charge is 2.32. The van der Waals surface area contributed by atoms with Gasteiger partial charge in [-0.25, -0.2) is 4.79 Å². The summed E-state index contributed by atoms with van der Waals surface area (Å²) in [7, 11) is 0. The van der Waals surface area contributed by atoms with E-state index in [1.54, 1.807) is 0 Å². The molecule has 7 heteroatoms. The summed E-state index contributed by atoms with van der Waals surface area (Å²) in [5, 5.41) is 0.625. The van der Waals surface area contributed by atoms with Gasteiger partial charge in [0.25, 0.3) is 11.8 Å². The molecule has 35 heavy (non-hydrogen) atoms. The van der Waals surface area contributed by atoms with Crippen molar-refractivity contribution >= 4 is 23.8 Å². The first kappa shape index (κ1) is 31.1. The van der Waals surface area contributed by atoms with Crippen LogP contribution in [0.25, 0.3) is 0 Å². The Morgan fingerprint density at radius 3 is 1.26 bits per heavy atom. The molecule has 0 aliphatic carbocycles. The number of nitrogens with zero attached hydrogens (tertiary/aromatic N) is 1. The van der Waals surface area contributed by atoms with E-state index in [0.717, 1.165) is 32.1 Å². The molecule has 0 aromatic heterocycles. The number of carbonyl (C=O) groups excluding carboxylic acids is 4. The quantitative estimate of drug-likeness (QED) is 0.103. The number of amides is 2. The van der Waals surface area contributed by atoms with Crippen molar-refractivity contribution in [3.63, 3.8) is 0 Å². The number of hydrogen-bond acceptors (Lipinski definition) is 6. The van der Waals surface area contributed by atoms with Crippen LogP contribution in [0.5, 0.6) is 0 Å². The summed E-state index contributed by atoms with van der Waals surface area (Å²) < 4.78 is 5.33. The third kappa shape index (κ3) is 17.2. The highest BCUT2D eigenvalue weighted by Crippen LogP contribution is 2.16. The van der Waals surface area contributed by atoms with Gasteiger partial charge < -0.3 is 9.57 Å². The predicted octanol–water partition coefficient (Wildman–Crippen LogP) is 6.96. The molecule has 0 saturated carbocycles. The second-order valence-electron chi connectivity index (χ2n) is 10.8. The van der Waals surface area contributed by atoms with Gasteiger partial charge in [0.1, 0.15) is 5.60 Å². The van der Waals surface area contributed by atoms with Crippen LogP contribution in [0.15, 0.2) is 0 Å². The van der Waals surface area contributed by atoms with Crippen LogP contribution in [0.1, 0.15) is 149 Å². The molecule has 0 atom stereocenters. The van der Waals surface area contributed by atoms with Gasteiger partial charge in [0.15, 0.2) is 0 Å². The molecule has 1 rings (SSSR count). The first-order valence-electron chi connectivity index (χ1n) is 14.0. The number of esters is 1. The van der Waals surface area contributed by atoms with E-state index in [2.05, 4.69) is 0 Å². The fourth-order valence-electron chi connectivity index (χ4n) is 4.21. The molecule has 1 heterocycles. The first-order valence-corrected chi connectivity index (χ1v) is 14.0. The molecule has 0 radical (unpaired) electrons. The van der Waals surface area contributed by atoms with Crippen LogP contribution in [0.2, 0.25) is 0 Å². The molecule has 7 nitrogen and oxygen atoms in total. The number of ether oxygens (including phenoxy) is 1. The van der Waals surface area contributed by atoms with Crippen molar-refractivity contribution in [2.24, 2.45) is 0 Å². The summed E-state index contributed by atoms with van der Waals surface area (Å²) in [4.78, 5) is 51.1. The van der Waals surface area contributed by atoms with Crippen molar-refractivity contribution in [2.45, 2.75) is 155 Å². The second-order valence-corrected chi connectivity index (χ2v) is 10.8. The molecule has 1 saturated heterocycles. The van der Waals surface area contributed by atoms with Crippen molar-refractivity contribution in [3.05, 3.63) is 0 Å². The Labute approximate surface area is 212 Å². The molecule has 0 aromatic rings. The number of imide groups is 1. The second kappa shape index (κ2) is 18.4. The van der Waals surface area contributed by atoms with Gasteiger partial charge in [-0.2, -0.15) is 0 Å². The van der Waals surface area contributed by atoms with E-state index < -0.39 is 17.8 Å². The molecule has 1 aliphatic rings. The van der Waals surface area contributed by atoms with Crippen LogP contribution in [0.3, 0.4) is 0 Å². The number of carbonyl (C=O) groups is 4. The average molecular weight is 496 g/mol. The Balaban J connectivity index is 1.77. The molecule has 1 fully saturated rings. The lowest BCUT2D eigenvalue weighted by Gasteiger charge is -2.19. The van der Waals surface area contributed by atoms with Gasteiger partial charge in [-0.05, 0) is 33.6 Å². The predicted molar refractivity (Wildman–Crippen MR) is 136 cm³/mol. The van der Waals surface area contributed by atoms with E-state index >= 15 is 0 Å². The van der Waals surface area contributed by atoms with Gasteiger partial charge in [-0.3, -0.25) is 14.4 Å². The minimum Gasteiger partial charge on any atom is -0.460 e. The third-order valence-corrected chi connectivity index (χ3v) is 6.13. The van der Waals surface area contributed by atoms with Crippen LogP contribution in [0.4, 0.5) is 0 Å². The zero-order valence-corrected chi connectivity index (χ0v) is 22.5. The highest BCUT2D eigenvalue weighted by atomic mass is 16.7. The molecule has 0 N–H and O–H groups in total. The monoisotopic (exact) mass is 495 g/mol. The molecule has 1 aliphatic heterocycles. The molecule has 0 aromatic carbocycles. The maximum absolute atomic E-state index is 11.7. The maximum atomic E-state index is 11.7. The van der Waals surface area contributed by atoms with Gasteiger partial charge in [0.05, 0.1) is 0 Å². The minimum atomic E-state index is -0.494. The first-order chi connectivity index (χ1) is 16.7. The maximum Gasteiger partial charge on any atom is 0.333 e. The largest absolute Gasteiger partial charge is 0.460 e. The Kier molecular flexibility index (Phi) is 16.3. The highest BCUT2D eigenvalue weighted by molar-refractivity contribution is 6.01. The van der Waals surface area contributed by atoms with Crippen molar-refractivity contribution in [1.82, 2.24) is 5.06 Å². The molecule has 0 unspecified atom stereocenters. The summed E-state index contributed by atoms with van der Waals surface area (Å²) in [5.41, 5.74) is -0.376. The normalized spacial score (nSPS) is 14.0. The van der Waals surface area contributed by atoms with Gasteiger partial charge in [-0.15, -0.1) is 5.06 Å². The molecule has 2 amide bonds. The van der Waals surface area contributed by atoms with Gasteiger partial charge in [-0.1, -0.05) is 89.9 Å². The third-order valence-electron chi connectivity index (χ3n) is 6.13. The van der Waals surface area contributed by atoms with Gasteiger partial charge >= 0.3 is 11.9 Å². The van der Waals surface area contributed by atoms with Crippen molar-refractivity contribution in [1.29, 1.82) is 0 Å². The van der Waals surface area contributed by atoms with Crippen LogP contribution in [-0.2, 0) is 28.8 Å². The zero-order chi connectivity index (χ0) is 25.9. The van der Waals surface area contributed by atoms with Crippen molar-refractivity contribution in [2.75, 3.05) is 0 Å². The average Bonchev–Trinajstić information content (AvgIpc) is 3.09. The summed E-state index contributed by atoms with van der Waals surface area (Å²) in [6.45, 7) is 5.72. The van der Waals surface area contributed by atoms with E-state index in [1.807, 2.05) is 20.8 Å². The van der Waals surface area contributed by atoms with Gasteiger partial charge in [0, 0.05) is 25.7 Å². The Morgan fingerprint density at radius 1 is 0.600 bits per heavy atom. The number of unbranched alkanes of at least 4 members (excludes halogenated alkanes) is 15. The van der Waals surface area contributed by atoms with E-state index in [-0.39, 0.29) is 30.8 Å². The summed E-state index contributed by atoms with van der Waals surface area (Å²) >= 11 is 0. The molecule has 0 bridgehead atoms. The zero-order valence-electron chi connectivity index (χ0n) is 22.5. The SMILES string of the molecule is CC(C)(C)OC(=O)CCCCCCCCCCCCCCCCCCC(=O)ON1C(=O)CCC1=O. The van der Waals surface area contributed by atoms with Crippen LogP contribution < -0.4 is 0 Å². The lowest BCUT2D eigenvalue weighted by molar-refractivity contribution is -0.197. The fourth-order valence-corrected chi connectivity index (χ4v) is 4.21. The van der Waals surface area contributed by atoms with E-state index in [4.69, 9.17) is 9.57 Å². The van der Waals surface area contributed by atoms with E-state index in [9.17, 15) is 19.2 Å². The smallest absolute Gasteiger partial charge is 0.333 e. The molecular formula is C28H49NO6. The minimum absolute atomic E-state index is 0.0771. The topological polar surface area (TPSA) is 90.0 Å². The molecule has 0 spiro atoms. The van der Waals surface area contributed by atoms with Crippen LogP contribution in [-0.4, -0.2) is 34.4 Å². The fraction of sp³-hybridized carbons (Fsp3) is 0.857. The summed E-state index contributed by atoms with van der Waals surface area (Å²) in [6, 6.07) is 0. The van der Waals surface area contributed by atoms with E-state index in [1.165, 1.54) is 70.6 Å². The standard InChI is InChI=1S/C28H49NO6/c1-28(2,3)34-26(32)20-18-16-14-12-10-8-6-4-5-7-9-11-13-15-17-19-21-27(33)35-29-24(30)22-23-25(29)31/h4-23H2,1-3H3. The van der Waals surface area contributed by atoms with Crippen molar-refractivity contribution in [3.8, 4) is 0 Å². The number of hydrogen-bond donors (Lipinski definition) is 0. The summed E-state index contributed by atoms with van der Waals surface area (Å²) in [5.74, 6) is -1.42.